The molecule has 1 aliphatic heterocycles. The van der Waals surface area contributed by atoms with Gasteiger partial charge in [-0.25, -0.2) is 13.2 Å². The number of anilines is 1. The second kappa shape index (κ2) is 10.5. The maximum atomic E-state index is 13.4. The van der Waals surface area contributed by atoms with Crippen molar-refractivity contribution in [2.45, 2.75) is 40.0 Å². The smallest absolute Gasteiger partial charge is 0.291 e. The molecule has 1 N–H and O–H groups in total. The molecule has 0 spiro atoms. The Morgan fingerprint density at radius 3 is 2.75 bits per heavy atom. The van der Waals surface area contributed by atoms with Crippen LogP contribution in [0.5, 0.6) is 0 Å². The van der Waals surface area contributed by atoms with E-state index in [0.717, 1.165) is 11.3 Å². The van der Waals surface area contributed by atoms with Gasteiger partial charge in [-0.15, -0.1) is 0 Å². The standard InChI is InChI=1S/C19H18ClF2IN5O2P.CH4/c20-17-16(7-24-28(31-23)19(17)30)26-6-5-15-13(9-26)14(10-29)25-27(15)8-11-3-1-2-4-12(11)18(21)22;/h1-4,7,18,29,31H,5-6,8-10H2;1H4. The van der Waals surface area contributed by atoms with Crippen LogP contribution >= 0.6 is 40.0 Å². The van der Waals surface area contributed by atoms with Crippen LogP contribution in [0.2, 0.25) is 5.02 Å². The number of rotatable bonds is 6. The fourth-order valence-corrected chi connectivity index (χ4v) is 5.42. The van der Waals surface area contributed by atoms with Crippen molar-refractivity contribution in [2.24, 2.45) is 0 Å². The molecule has 2 aromatic heterocycles. The summed E-state index contributed by atoms with van der Waals surface area (Å²) in [5.74, 6) is 0. The Hall–Kier alpha value is -1.62. The van der Waals surface area contributed by atoms with Crippen LogP contribution in [-0.4, -0.2) is 31.0 Å². The molecule has 1 atom stereocenters. The molecule has 0 fully saturated rings. The van der Waals surface area contributed by atoms with E-state index >= 15 is 0 Å². The second-order valence-corrected chi connectivity index (χ2v) is 9.42. The van der Waals surface area contributed by atoms with Crippen molar-refractivity contribution in [3.63, 3.8) is 0 Å². The fraction of sp³-hybridized carbons (Fsp3) is 0.350. The predicted octanol–water partition coefficient (Wildman–Crippen LogP) is 4.56. The topological polar surface area (TPSA) is 76.2 Å². The first-order valence-electron chi connectivity index (χ1n) is 9.38. The molecule has 3 heterocycles. The van der Waals surface area contributed by atoms with E-state index in [2.05, 4.69) is 32.2 Å². The minimum Gasteiger partial charge on any atom is -0.390 e. The minimum atomic E-state index is -2.57. The highest BCUT2D eigenvalue weighted by Crippen LogP contribution is 2.32. The molecule has 12 heteroatoms. The number of aromatic nitrogens is 4. The molecule has 1 aromatic carbocycles. The Bertz CT molecular complexity index is 1170. The van der Waals surface area contributed by atoms with Crippen molar-refractivity contribution in [3.05, 3.63) is 73.9 Å². The number of alkyl halides is 2. The second-order valence-electron chi connectivity index (χ2n) is 7.00. The van der Waals surface area contributed by atoms with Gasteiger partial charge < -0.3 is 10.0 Å². The van der Waals surface area contributed by atoms with Crippen LogP contribution in [0.4, 0.5) is 14.5 Å². The van der Waals surface area contributed by atoms with E-state index in [1.54, 1.807) is 29.1 Å². The third-order valence-electron chi connectivity index (χ3n) is 5.30. The summed E-state index contributed by atoms with van der Waals surface area (Å²) in [6.45, 7) is 0.859. The number of hydrogen-bond acceptors (Lipinski definition) is 5. The van der Waals surface area contributed by atoms with Gasteiger partial charge in [0.1, 0.15) is 5.02 Å². The van der Waals surface area contributed by atoms with Gasteiger partial charge in [0.05, 0.1) is 37.1 Å². The van der Waals surface area contributed by atoms with Crippen molar-refractivity contribution >= 4 is 45.7 Å². The highest BCUT2D eigenvalue weighted by Gasteiger charge is 2.27. The van der Waals surface area contributed by atoms with Crippen molar-refractivity contribution < 1.29 is 13.9 Å². The number of fused-ring (bicyclic) bond motifs is 1. The highest BCUT2D eigenvalue weighted by molar-refractivity contribution is 14.2. The van der Waals surface area contributed by atoms with Crippen LogP contribution in [0.1, 0.15) is 41.9 Å². The molecule has 3 aromatic rings. The summed E-state index contributed by atoms with van der Waals surface area (Å²) in [4.78, 5) is 14.3. The molecule has 32 heavy (non-hydrogen) atoms. The summed E-state index contributed by atoms with van der Waals surface area (Å²) >= 11 is 8.38. The summed E-state index contributed by atoms with van der Waals surface area (Å²) < 4.78 is 29.8. The van der Waals surface area contributed by atoms with Gasteiger partial charge in [0, 0.05) is 36.3 Å². The Balaban J connectivity index is 0.00000289. The molecule has 7 nitrogen and oxygen atoms in total. The van der Waals surface area contributed by atoms with Crippen LogP contribution < -0.4 is 10.5 Å². The van der Waals surface area contributed by atoms with E-state index in [1.807, 2.05) is 4.90 Å². The van der Waals surface area contributed by atoms with Gasteiger partial charge in [0.2, 0.25) is 0 Å². The maximum Gasteiger partial charge on any atom is 0.291 e. The molecule has 4 rings (SSSR count). The van der Waals surface area contributed by atoms with Gasteiger partial charge >= 0.3 is 0 Å². The van der Waals surface area contributed by atoms with Gasteiger partial charge in [-0.1, -0.05) is 43.3 Å². The molecule has 0 radical (unpaired) electrons. The van der Waals surface area contributed by atoms with Gasteiger partial charge in [-0.3, -0.25) is 9.48 Å². The first-order valence-corrected chi connectivity index (χ1v) is 13.8. The summed E-state index contributed by atoms with van der Waals surface area (Å²) in [5.41, 5.74) is 2.84. The molecule has 1 aliphatic rings. The van der Waals surface area contributed by atoms with Crippen molar-refractivity contribution in [3.8, 4) is 0 Å². The van der Waals surface area contributed by atoms with E-state index in [0.29, 0.717) is 36.5 Å². The minimum absolute atomic E-state index is 0. The lowest BCUT2D eigenvalue weighted by Crippen LogP contribution is -2.33. The summed E-state index contributed by atoms with van der Waals surface area (Å²) in [7, 11) is 0. The van der Waals surface area contributed by atoms with Gasteiger partial charge in [-0.2, -0.15) is 10.2 Å². The lowest BCUT2D eigenvalue weighted by Gasteiger charge is -2.30. The molecule has 0 saturated carbocycles. The average molecular weight is 596 g/mol. The normalized spacial score (nSPS) is 13.6. The first-order chi connectivity index (χ1) is 14.9. The number of benzene rings is 1. The molecule has 0 bridgehead atoms. The van der Waals surface area contributed by atoms with Crippen molar-refractivity contribution in [1.29, 1.82) is 0 Å². The number of aliphatic hydroxyl groups is 1. The van der Waals surface area contributed by atoms with Crippen LogP contribution in [0.3, 0.4) is 0 Å². The van der Waals surface area contributed by atoms with Crippen molar-refractivity contribution in [1.82, 2.24) is 19.3 Å². The van der Waals surface area contributed by atoms with Crippen LogP contribution in [0.25, 0.3) is 0 Å². The Morgan fingerprint density at radius 1 is 1.31 bits per heavy atom. The quantitative estimate of drug-likeness (QED) is 0.334. The number of aliphatic hydroxyl groups excluding tert-OH is 1. The third-order valence-corrected chi connectivity index (χ3v) is 7.50. The molecule has 0 aliphatic carbocycles. The molecule has 0 saturated heterocycles. The monoisotopic (exact) mass is 595 g/mol. The SMILES string of the molecule is C.O=c1c(Cl)c(N2CCc3c(c(CO)nn3Cc3ccccc3C(F)F)C2)cnn1PI. The molecular weight excluding hydrogens is 574 g/mol. The summed E-state index contributed by atoms with van der Waals surface area (Å²) in [5, 5.41) is 18.6. The van der Waals surface area contributed by atoms with Gasteiger partial charge in [-0.05, 0) is 27.6 Å². The van der Waals surface area contributed by atoms with Crippen LogP contribution in [0.15, 0.2) is 35.3 Å². The Kier molecular flexibility index (Phi) is 8.24. The lowest BCUT2D eigenvalue weighted by atomic mass is 10.0. The highest BCUT2D eigenvalue weighted by atomic mass is 127. The average Bonchev–Trinajstić information content (AvgIpc) is 3.12. The first kappa shape index (κ1) is 25.0. The Labute approximate surface area is 203 Å². The lowest BCUT2D eigenvalue weighted by molar-refractivity contribution is 0.150. The third kappa shape index (κ3) is 4.69. The molecular formula is C20H22ClF2IN5O2P. The fourth-order valence-electron chi connectivity index (χ4n) is 3.78. The van der Waals surface area contributed by atoms with Gasteiger partial charge in [0.25, 0.3) is 12.0 Å². The zero-order valence-corrected chi connectivity index (χ0v) is 20.0. The zero-order valence-electron chi connectivity index (χ0n) is 16.1. The molecule has 0 amide bonds. The summed E-state index contributed by atoms with van der Waals surface area (Å²) in [6.07, 6.45) is -0.294. The Morgan fingerprint density at radius 2 is 2.06 bits per heavy atom. The van der Waals surface area contributed by atoms with E-state index < -0.39 is 6.43 Å². The molecule has 172 valence electrons. The predicted molar refractivity (Wildman–Crippen MR) is 131 cm³/mol. The zero-order chi connectivity index (χ0) is 22.1. The number of hydrogen-bond donors (Lipinski definition) is 1. The number of halogens is 4. The van der Waals surface area contributed by atoms with E-state index in [-0.39, 0.29) is 43.1 Å². The largest absolute Gasteiger partial charge is 0.390 e. The van der Waals surface area contributed by atoms with E-state index in [1.165, 1.54) is 10.5 Å². The van der Waals surface area contributed by atoms with Crippen LogP contribution in [0, 0.1) is 0 Å². The summed E-state index contributed by atoms with van der Waals surface area (Å²) in [6, 6.07) is 6.39. The van der Waals surface area contributed by atoms with Crippen molar-refractivity contribution in [2.75, 3.05) is 11.4 Å². The van der Waals surface area contributed by atoms with E-state index in [4.69, 9.17) is 11.6 Å². The maximum absolute atomic E-state index is 13.4. The van der Waals surface area contributed by atoms with Gasteiger partial charge in [0.15, 0.2) is 0 Å². The van der Waals surface area contributed by atoms with Crippen LogP contribution in [-0.2, 0) is 26.1 Å². The van der Waals surface area contributed by atoms with E-state index in [9.17, 15) is 18.7 Å². The number of nitrogens with zero attached hydrogens (tertiary/aromatic N) is 5. The molecule has 1 unspecified atom stereocenters.